The highest BCUT2D eigenvalue weighted by Gasteiger charge is 2.06. The molecule has 0 aliphatic heterocycles. The van der Waals surface area contributed by atoms with Crippen LogP contribution in [0, 0.1) is 6.92 Å². The first kappa shape index (κ1) is 14.0. The van der Waals surface area contributed by atoms with Crippen LogP contribution in [0.2, 0.25) is 0 Å². The van der Waals surface area contributed by atoms with Gasteiger partial charge in [-0.15, -0.1) is 11.3 Å². The van der Waals surface area contributed by atoms with Gasteiger partial charge in [0.25, 0.3) is 0 Å². The third kappa shape index (κ3) is 3.55. The second kappa shape index (κ2) is 6.17. The Kier molecular flexibility index (Phi) is 4.56. The van der Waals surface area contributed by atoms with E-state index in [2.05, 4.69) is 15.9 Å². The normalized spacial score (nSPS) is 10.9. The number of carbonyl (C=O) groups is 1. The Bertz CT molecular complexity index is 629. The van der Waals surface area contributed by atoms with Crippen LogP contribution < -0.4 is 4.74 Å². The number of ether oxygens (including phenoxy) is 1. The van der Waals surface area contributed by atoms with Gasteiger partial charge in [-0.05, 0) is 65.3 Å². The molecule has 0 saturated heterocycles. The average molecular weight is 337 g/mol. The van der Waals surface area contributed by atoms with Crippen molar-refractivity contribution in [3.05, 3.63) is 56.2 Å². The average Bonchev–Trinajstić information content (AvgIpc) is 2.81. The summed E-state index contributed by atoms with van der Waals surface area (Å²) in [5.74, 6) is 0.698. The molecule has 2 nitrogen and oxygen atoms in total. The Morgan fingerprint density at radius 2 is 2.11 bits per heavy atom. The van der Waals surface area contributed by atoms with Gasteiger partial charge in [-0.3, -0.25) is 4.79 Å². The van der Waals surface area contributed by atoms with Crippen LogP contribution in [-0.4, -0.2) is 12.9 Å². The van der Waals surface area contributed by atoms with Crippen LogP contribution in [0.1, 0.15) is 20.1 Å². The van der Waals surface area contributed by atoms with Crippen LogP contribution in [-0.2, 0) is 0 Å². The van der Waals surface area contributed by atoms with Gasteiger partial charge in [0, 0.05) is 15.3 Å². The molecule has 0 amide bonds. The lowest BCUT2D eigenvalue weighted by atomic mass is 10.1. The minimum absolute atomic E-state index is 0.0191. The molecule has 0 spiro atoms. The van der Waals surface area contributed by atoms with E-state index < -0.39 is 0 Å². The predicted molar refractivity (Wildman–Crippen MR) is 83.1 cm³/mol. The van der Waals surface area contributed by atoms with Gasteiger partial charge in [0.2, 0.25) is 0 Å². The third-order valence-corrected chi connectivity index (χ3v) is 4.18. The monoisotopic (exact) mass is 336 g/mol. The highest BCUT2D eigenvalue weighted by Crippen LogP contribution is 2.26. The number of halogens is 1. The van der Waals surface area contributed by atoms with E-state index in [1.807, 2.05) is 25.1 Å². The molecule has 1 aromatic heterocycles. The zero-order valence-electron chi connectivity index (χ0n) is 10.6. The Balaban J connectivity index is 2.16. The van der Waals surface area contributed by atoms with Gasteiger partial charge < -0.3 is 4.74 Å². The second-order valence-corrected chi connectivity index (χ2v) is 6.17. The summed E-state index contributed by atoms with van der Waals surface area (Å²) in [4.78, 5) is 14.4. The fraction of sp³-hybridized carbons (Fsp3) is 0.133. The zero-order valence-corrected chi connectivity index (χ0v) is 13.0. The number of hydrogen-bond acceptors (Lipinski definition) is 3. The molecular formula is C15H13BrO2S. The first-order chi connectivity index (χ1) is 9.10. The standard InChI is InChI=1S/C15H13BrO2S/c1-10-3-5-12(19-10)6-7-14(17)11-4-8-15(18-2)13(16)9-11/h3-9H,1-2H3/b7-6+. The van der Waals surface area contributed by atoms with Crippen LogP contribution in [0.15, 0.2) is 40.9 Å². The van der Waals surface area contributed by atoms with Crippen molar-refractivity contribution in [2.45, 2.75) is 6.92 Å². The number of rotatable bonds is 4. The van der Waals surface area contributed by atoms with Crippen molar-refractivity contribution >= 4 is 39.1 Å². The van der Waals surface area contributed by atoms with Crippen molar-refractivity contribution in [2.24, 2.45) is 0 Å². The molecule has 0 atom stereocenters. The lowest BCUT2D eigenvalue weighted by Gasteiger charge is -2.03. The maximum Gasteiger partial charge on any atom is 0.185 e. The summed E-state index contributed by atoms with van der Waals surface area (Å²) >= 11 is 5.04. The summed E-state index contributed by atoms with van der Waals surface area (Å²) in [6.45, 7) is 2.05. The van der Waals surface area contributed by atoms with Crippen LogP contribution in [0.25, 0.3) is 6.08 Å². The number of allylic oxidation sites excluding steroid dienone is 1. The van der Waals surface area contributed by atoms with Gasteiger partial charge in [-0.25, -0.2) is 0 Å². The highest BCUT2D eigenvalue weighted by molar-refractivity contribution is 9.10. The minimum atomic E-state index is -0.0191. The molecule has 0 saturated carbocycles. The van der Waals surface area contributed by atoms with Gasteiger partial charge >= 0.3 is 0 Å². The lowest BCUT2D eigenvalue weighted by Crippen LogP contribution is -1.95. The molecule has 1 heterocycles. The largest absolute Gasteiger partial charge is 0.496 e. The smallest absolute Gasteiger partial charge is 0.185 e. The summed E-state index contributed by atoms with van der Waals surface area (Å²) in [5.41, 5.74) is 0.636. The Hall–Kier alpha value is -1.39. The van der Waals surface area contributed by atoms with E-state index in [9.17, 15) is 4.79 Å². The quantitative estimate of drug-likeness (QED) is 0.596. The molecular weight excluding hydrogens is 324 g/mol. The van der Waals surface area contributed by atoms with Crippen molar-refractivity contribution in [3.63, 3.8) is 0 Å². The van der Waals surface area contributed by atoms with Crippen molar-refractivity contribution in [1.29, 1.82) is 0 Å². The molecule has 0 N–H and O–H groups in total. The molecule has 0 bridgehead atoms. The maximum absolute atomic E-state index is 12.0. The Morgan fingerprint density at radius 1 is 1.32 bits per heavy atom. The van der Waals surface area contributed by atoms with Crippen molar-refractivity contribution < 1.29 is 9.53 Å². The number of thiophene rings is 1. The number of ketones is 1. The Morgan fingerprint density at radius 3 is 2.68 bits per heavy atom. The second-order valence-electron chi connectivity index (χ2n) is 4.00. The van der Waals surface area contributed by atoms with Gasteiger partial charge in [0.15, 0.2) is 5.78 Å². The van der Waals surface area contributed by atoms with Gasteiger partial charge in [0.1, 0.15) is 5.75 Å². The molecule has 2 rings (SSSR count). The number of methoxy groups -OCH3 is 1. The fourth-order valence-electron chi connectivity index (χ4n) is 1.62. The van der Waals surface area contributed by atoms with E-state index in [-0.39, 0.29) is 5.78 Å². The van der Waals surface area contributed by atoms with Gasteiger partial charge in [-0.2, -0.15) is 0 Å². The van der Waals surface area contributed by atoms with Crippen molar-refractivity contribution in [1.82, 2.24) is 0 Å². The van der Waals surface area contributed by atoms with E-state index >= 15 is 0 Å². The van der Waals surface area contributed by atoms with Crippen LogP contribution in [0.4, 0.5) is 0 Å². The van der Waals surface area contributed by atoms with Crippen molar-refractivity contribution in [3.8, 4) is 5.75 Å². The topological polar surface area (TPSA) is 26.3 Å². The number of carbonyl (C=O) groups excluding carboxylic acids is 1. The van der Waals surface area contributed by atoms with E-state index in [1.54, 1.807) is 42.7 Å². The molecule has 0 aliphatic rings. The number of aryl methyl sites for hydroxylation is 1. The molecule has 0 fully saturated rings. The molecule has 0 unspecified atom stereocenters. The van der Waals surface area contributed by atoms with Gasteiger partial charge in [-0.1, -0.05) is 0 Å². The van der Waals surface area contributed by atoms with E-state index in [4.69, 9.17) is 4.74 Å². The molecule has 4 heteroatoms. The summed E-state index contributed by atoms with van der Waals surface area (Å²) in [6, 6.07) is 9.36. The summed E-state index contributed by atoms with van der Waals surface area (Å²) in [7, 11) is 1.60. The minimum Gasteiger partial charge on any atom is -0.496 e. The lowest BCUT2D eigenvalue weighted by molar-refractivity contribution is 0.104. The predicted octanol–water partition coefficient (Wildman–Crippen LogP) is 4.72. The number of benzene rings is 1. The SMILES string of the molecule is COc1ccc(C(=O)/C=C/c2ccc(C)s2)cc1Br. The molecule has 2 aromatic rings. The van der Waals surface area contributed by atoms with Crippen LogP contribution in [0.3, 0.4) is 0 Å². The first-order valence-electron chi connectivity index (χ1n) is 5.72. The van der Waals surface area contributed by atoms with E-state index in [1.165, 1.54) is 4.88 Å². The molecule has 0 radical (unpaired) electrons. The molecule has 0 aliphatic carbocycles. The molecule has 1 aromatic carbocycles. The highest BCUT2D eigenvalue weighted by atomic mass is 79.9. The fourth-order valence-corrected chi connectivity index (χ4v) is 2.94. The zero-order chi connectivity index (χ0) is 13.8. The third-order valence-electron chi connectivity index (χ3n) is 2.60. The van der Waals surface area contributed by atoms with E-state index in [0.717, 1.165) is 15.1 Å². The molecule has 98 valence electrons. The molecule has 19 heavy (non-hydrogen) atoms. The summed E-state index contributed by atoms with van der Waals surface area (Å²) in [5, 5.41) is 0. The summed E-state index contributed by atoms with van der Waals surface area (Å²) < 4.78 is 5.92. The van der Waals surface area contributed by atoms with Crippen LogP contribution in [0.5, 0.6) is 5.75 Å². The summed E-state index contributed by atoms with van der Waals surface area (Å²) in [6.07, 6.45) is 3.44. The number of hydrogen-bond donors (Lipinski definition) is 0. The maximum atomic E-state index is 12.0. The van der Waals surface area contributed by atoms with Crippen LogP contribution >= 0.6 is 27.3 Å². The van der Waals surface area contributed by atoms with E-state index in [0.29, 0.717) is 5.56 Å². The van der Waals surface area contributed by atoms with Crippen molar-refractivity contribution in [2.75, 3.05) is 7.11 Å². The first-order valence-corrected chi connectivity index (χ1v) is 7.33. The van der Waals surface area contributed by atoms with Gasteiger partial charge in [0.05, 0.1) is 11.6 Å². The Labute approximate surface area is 124 Å².